The summed E-state index contributed by atoms with van der Waals surface area (Å²) in [5.41, 5.74) is -0.136. The quantitative estimate of drug-likeness (QED) is 0.340. The molecule has 1 aromatic rings. The van der Waals surface area contributed by atoms with Crippen molar-refractivity contribution >= 4 is 35.1 Å². The van der Waals surface area contributed by atoms with Crippen molar-refractivity contribution in [3.63, 3.8) is 0 Å². The number of ether oxygens (including phenoxy) is 1. The first-order chi connectivity index (χ1) is 16.1. The Morgan fingerprint density at radius 3 is 2.53 bits per heavy atom. The first-order valence-corrected chi connectivity index (χ1v) is 12.3. The molecule has 0 aliphatic carbocycles. The Balaban J connectivity index is 2.68. The van der Waals surface area contributed by atoms with Gasteiger partial charge in [0, 0.05) is 15.5 Å². The van der Waals surface area contributed by atoms with Crippen LogP contribution in [0.25, 0.3) is 0 Å². The molecular formula is C26H35Cl2NO5. The van der Waals surface area contributed by atoms with E-state index in [1.54, 1.807) is 30.0 Å². The number of hydrogen-bond acceptors (Lipinski definition) is 5. The zero-order valence-corrected chi connectivity index (χ0v) is 21.7. The van der Waals surface area contributed by atoms with Crippen LogP contribution in [-0.4, -0.2) is 52.9 Å². The Kier molecular flexibility index (Phi) is 10.6. The molecule has 1 amide bonds. The highest BCUT2D eigenvalue weighted by Crippen LogP contribution is 2.49. The van der Waals surface area contributed by atoms with Crippen molar-refractivity contribution in [1.82, 2.24) is 4.90 Å². The second-order valence-corrected chi connectivity index (χ2v) is 9.92. The van der Waals surface area contributed by atoms with E-state index in [2.05, 4.69) is 0 Å². The maximum Gasteiger partial charge on any atom is 0.328 e. The Bertz CT molecular complexity index is 901. The van der Waals surface area contributed by atoms with Crippen molar-refractivity contribution < 1.29 is 24.5 Å². The molecule has 2 N–H and O–H groups in total. The maximum absolute atomic E-state index is 14.0. The first kappa shape index (κ1) is 28.4. The Hall–Kier alpha value is -1.86. The number of esters is 1. The Morgan fingerprint density at radius 2 is 2.00 bits per heavy atom. The topological polar surface area (TPSA) is 87.1 Å². The van der Waals surface area contributed by atoms with Gasteiger partial charge >= 0.3 is 5.97 Å². The number of likely N-dealkylation sites (tertiary alicyclic amines) is 1. The fourth-order valence-corrected chi connectivity index (χ4v) is 5.28. The van der Waals surface area contributed by atoms with Crippen molar-refractivity contribution in [3.8, 4) is 0 Å². The van der Waals surface area contributed by atoms with Gasteiger partial charge in [0.1, 0.15) is 6.04 Å². The molecule has 188 valence electrons. The molecule has 0 saturated carbocycles. The average molecular weight is 512 g/mol. The van der Waals surface area contributed by atoms with E-state index in [0.717, 1.165) is 5.56 Å². The largest absolute Gasteiger partial charge is 0.467 e. The van der Waals surface area contributed by atoms with Crippen molar-refractivity contribution in [3.05, 3.63) is 58.1 Å². The highest BCUT2D eigenvalue weighted by Gasteiger charge is 2.52. The van der Waals surface area contributed by atoms with Crippen LogP contribution in [0, 0.1) is 11.3 Å². The van der Waals surface area contributed by atoms with Crippen LogP contribution in [0.15, 0.2) is 47.5 Å². The van der Waals surface area contributed by atoms with Crippen LogP contribution in [0.1, 0.15) is 58.1 Å². The minimum atomic E-state index is -1.05. The van der Waals surface area contributed by atoms with Crippen LogP contribution in [0.3, 0.4) is 0 Å². The summed E-state index contributed by atoms with van der Waals surface area (Å²) in [5, 5.41) is 20.9. The van der Waals surface area contributed by atoms with E-state index in [1.807, 2.05) is 38.1 Å². The van der Waals surface area contributed by atoms with Gasteiger partial charge in [-0.05, 0) is 62.3 Å². The lowest BCUT2D eigenvalue weighted by atomic mass is 9.67. The van der Waals surface area contributed by atoms with Gasteiger partial charge in [-0.1, -0.05) is 61.3 Å². The molecule has 1 heterocycles. The molecule has 8 heteroatoms. The van der Waals surface area contributed by atoms with Crippen molar-refractivity contribution in [2.24, 2.45) is 11.3 Å². The number of carbonyl (C=O) groups excluding carboxylic acids is 2. The number of aliphatic hydroxyl groups excluding tert-OH is 2. The lowest BCUT2D eigenvalue weighted by Gasteiger charge is -2.51. The molecule has 2 rings (SSSR count). The predicted octanol–water partition coefficient (Wildman–Crippen LogP) is 5.02. The third-order valence-corrected chi connectivity index (χ3v) is 6.99. The summed E-state index contributed by atoms with van der Waals surface area (Å²) < 4.78 is 5.06. The third kappa shape index (κ3) is 6.63. The van der Waals surface area contributed by atoms with Gasteiger partial charge in [0.05, 0.1) is 25.9 Å². The van der Waals surface area contributed by atoms with Gasteiger partial charge < -0.3 is 19.8 Å². The summed E-state index contributed by atoms with van der Waals surface area (Å²) in [5.74, 6) is -0.868. The molecule has 1 fully saturated rings. The van der Waals surface area contributed by atoms with Crippen LogP contribution in [0.5, 0.6) is 0 Å². The zero-order chi connectivity index (χ0) is 25.5. The molecule has 1 aliphatic heterocycles. The monoisotopic (exact) mass is 511 g/mol. The number of piperidine rings is 1. The standard InChI is InChI=1S/C26H35Cl2NO5/c1-5-7-19(27)13-10-18-14-26(3,15-21(31)16-30)25(33)29(22(6-2)24(32)34-4)23(18)17-8-11-20(28)12-9-17/h5,7-9,11-13,18,21-23,30-31H,6,10,14-16H2,1-4H3. The van der Waals surface area contributed by atoms with Gasteiger partial charge in [-0.2, -0.15) is 0 Å². The van der Waals surface area contributed by atoms with Crippen LogP contribution in [0.2, 0.25) is 5.02 Å². The van der Waals surface area contributed by atoms with Crippen LogP contribution >= 0.6 is 23.2 Å². The second-order valence-electron chi connectivity index (χ2n) is 9.05. The number of nitrogens with zero attached hydrogens (tertiary/aromatic N) is 1. The van der Waals surface area contributed by atoms with E-state index in [9.17, 15) is 19.8 Å². The number of amides is 1. The van der Waals surface area contributed by atoms with E-state index in [0.29, 0.717) is 29.3 Å². The number of rotatable bonds is 10. The fourth-order valence-electron chi connectivity index (χ4n) is 4.94. The second kappa shape index (κ2) is 12.7. The molecule has 0 spiro atoms. The molecule has 1 aromatic carbocycles. The number of carbonyl (C=O) groups is 2. The van der Waals surface area contributed by atoms with Gasteiger partial charge in [0.15, 0.2) is 0 Å². The van der Waals surface area contributed by atoms with Gasteiger partial charge in [-0.15, -0.1) is 0 Å². The van der Waals surface area contributed by atoms with Gasteiger partial charge in [-0.3, -0.25) is 4.79 Å². The summed E-state index contributed by atoms with van der Waals surface area (Å²) in [7, 11) is 1.31. The molecule has 5 atom stereocenters. The van der Waals surface area contributed by atoms with Crippen molar-refractivity contribution in [2.45, 2.75) is 64.6 Å². The molecule has 0 bridgehead atoms. The third-order valence-electron chi connectivity index (χ3n) is 6.46. The fraction of sp³-hybridized carbons (Fsp3) is 0.538. The maximum atomic E-state index is 14.0. The highest BCUT2D eigenvalue weighted by molar-refractivity contribution is 6.31. The van der Waals surface area contributed by atoms with E-state index < -0.39 is 36.2 Å². The molecule has 1 saturated heterocycles. The smallest absolute Gasteiger partial charge is 0.328 e. The van der Waals surface area contributed by atoms with Crippen LogP contribution < -0.4 is 0 Å². The number of benzene rings is 1. The summed E-state index contributed by atoms with van der Waals surface area (Å²) in [6, 6.07) is 6.03. The van der Waals surface area contributed by atoms with E-state index in [-0.39, 0.29) is 18.2 Å². The SMILES string of the molecule is CC=CC(Cl)=CCC1CC(C)(CC(O)CO)C(=O)N(C(CC)C(=O)OC)C1c1ccc(Cl)cc1. The summed E-state index contributed by atoms with van der Waals surface area (Å²) in [4.78, 5) is 28.4. The van der Waals surface area contributed by atoms with Gasteiger partial charge in [0.25, 0.3) is 0 Å². The van der Waals surface area contributed by atoms with Gasteiger partial charge in [0.2, 0.25) is 5.91 Å². The lowest BCUT2D eigenvalue weighted by Crippen LogP contribution is -2.58. The molecule has 34 heavy (non-hydrogen) atoms. The average Bonchev–Trinajstić information content (AvgIpc) is 2.81. The summed E-state index contributed by atoms with van der Waals surface area (Å²) in [6.07, 6.45) is 5.93. The van der Waals surface area contributed by atoms with Crippen molar-refractivity contribution in [1.29, 1.82) is 0 Å². The first-order valence-electron chi connectivity index (χ1n) is 11.5. The molecule has 5 unspecified atom stereocenters. The zero-order valence-electron chi connectivity index (χ0n) is 20.2. The number of aliphatic hydroxyl groups is 2. The Morgan fingerprint density at radius 1 is 1.35 bits per heavy atom. The lowest BCUT2D eigenvalue weighted by molar-refractivity contribution is -0.169. The minimum absolute atomic E-state index is 0.0760. The van der Waals surface area contributed by atoms with Gasteiger partial charge in [-0.25, -0.2) is 4.79 Å². The summed E-state index contributed by atoms with van der Waals surface area (Å²) in [6.45, 7) is 5.05. The minimum Gasteiger partial charge on any atom is -0.467 e. The van der Waals surface area contributed by atoms with E-state index >= 15 is 0 Å². The van der Waals surface area contributed by atoms with Crippen molar-refractivity contribution in [2.75, 3.05) is 13.7 Å². The molecule has 0 radical (unpaired) electrons. The molecule has 1 aliphatic rings. The van der Waals surface area contributed by atoms with E-state index in [4.69, 9.17) is 27.9 Å². The van der Waals surface area contributed by atoms with E-state index in [1.165, 1.54) is 7.11 Å². The van der Waals surface area contributed by atoms with Crippen LogP contribution in [0.4, 0.5) is 0 Å². The molecule has 6 nitrogen and oxygen atoms in total. The number of halogens is 2. The Labute approximate surface area is 212 Å². The molecule has 0 aromatic heterocycles. The number of methoxy groups -OCH3 is 1. The number of hydrogen-bond donors (Lipinski definition) is 2. The predicted molar refractivity (Wildman–Crippen MR) is 134 cm³/mol. The number of allylic oxidation sites excluding steroid dienone is 4. The molecular weight excluding hydrogens is 477 g/mol. The highest BCUT2D eigenvalue weighted by atomic mass is 35.5. The summed E-state index contributed by atoms with van der Waals surface area (Å²) >= 11 is 12.5. The van der Waals surface area contributed by atoms with Crippen LogP contribution in [-0.2, 0) is 14.3 Å². The normalized spacial score (nSPS) is 25.5.